The third-order valence-electron chi connectivity index (χ3n) is 3.20. The van der Waals surface area contributed by atoms with Gasteiger partial charge in [-0.1, -0.05) is 30.3 Å². The van der Waals surface area contributed by atoms with Crippen LogP contribution in [-0.2, 0) is 6.42 Å². The summed E-state index contributed by atoms with van der Waals surface area (Å²) in [6.07, 6.45) is 1.52. The third-order valence-corrected chi connectivity index (χ3v) is 4.39. The third kappa shape index (κ3) is 3.00. The van der Waals surface area contributed by atoms with Crippen LogP contribution < -0.4 is 5.73 Å². The van der Waals surface area contributed by atoms with E-state index >= 15 is 0 Å². The standard InChI is InChI=1S/C13H19NOS/c14-12(8-10-4-2-1-3-5-10)13(15)11-6-7-16-9-11/h1-5,11-13,15H,6-9,14H2. The Morgan fingerprint density at radius 1 is 1.38 bits per heavy atom. The number of aliphatic hydroxyl groups excluding tert-OH is 1. The van der Waals surface area contributed by atoms with Crippen molar-refractivity contribution in [2.75, 3.05) is 11.5 Å². The molecule has 1 saturated heterocycles. The van der Waals surface area contributed by atoms with Crippen molar-refractivity contribution in [2.45, 2.75) is 25.0 Å². The Balaban J connectivity index is 1.89. The van der Waals surface area contributed by atoms with Gasteiger partial charge in [0.1, 0.15) is 0 Å². The van der Waals surface area contributed by atoms with Crippen molar-refractivity contribution < 1.29 is 5.11 Å². The molecular formula is C13H19NOS. The second-order valence-electron chi connectivity index (χ2n) is 4.47. The van der Waals surface area contributed by atoms with E-state index in [0.717, 1.165) is 18.6 Å². The molecule has 0 aromatic heterocycles. The van der Waals surface area contributed by atoms with Gasteiger partial charge in [0.15, 0.2) is 0 Å². The van der Waals surface area contributed by atoms with Crippen molar-refractivity contribution >= 4 is 11.8 Å². The molecule has 1 aromatic carbocycles. The summed E-state index contributed by atoms with van der Waals surface area (Å²) in [4.78, 5) is 0. The summed E-state index contributed by atoms with van der Waals surface area (Å²) < 4.78 is 0. The van der Waals surface area contributed by atoms with Crippen LogP contribution in [-0.4, -0.2) is 28.8 Å². The first kappa shape index (κ1) is 12.0. The first-order valence-electron chi connectivity index (χ1n) is 5.82. The second kappa shape index (κ2) is 5.71. The van der Waals surface area contributed by atoms with Crippen LogP contribution in [0.5, 0.6) is 0 Å². The van der Waals surface area contributed by atoms with Crippen LogP contribution in [0.2, 0.25) is 0 Å². The van der Waals surface area contributed by atoms with E-state index in [4.69, 9.17) is 5.73 Å². The summed E-state index contributed by atoms with van der Waals surface area (Å²) in [5.74, 6) is 2.62. The van der Waals surface area contributed by atoms with Crippen molar-refractivity contribution in [3.8, 4) is 0 Å². The molecule has 1 aliphatic rings. The lowest BCUT2D eigenvalue weighted by molar-refractivity contribution is 0.0930. The van der Waals surface area contributed by atoms with Gasteiger partial charge in [-0.05, 0) is 35.8 Å². The van der Waals surface area contributed by atoms with E-state index in [1.807, 2.05) is 30.0 Å². The van der Waals surface area contributed by atoms with Crippen LogP contribution in [0, 0.1) is 5.92 Å². The van der Waals surface area contributed by atoms with Gasteiger partial charge in [0.05, 0.1) is 6.10 Å². The maximum absolute atomic E-state index is 10.1. The maximum Gasteiger partial charge on any atom is 0.0730 e. The zero-order valence-corrected chi connectivity index (χ0v) is 10.2. The Morgan fingerprint density at radius 2 is 2.12 bits per heavy atom. The smallest absolute Gasteiger partial charge is 0.0730 e. The zero-order valence-electron chi connectivity index (χ0n) is 9.38. The van der Waals surface area contributed by atoms with Crippen LogP contribution in [0.25, 0.3) is 0 Å². The molecule has 3 atom stereocenters. The van der Waals surface area contributed by atoms with Gasteiger partial charge >= 0.3 is 0 Å². The molecule has 0 spiro atoms. The number of rotatable bonds is 4. The van der Waals surface area contributed by atoms with Gasteiger partial charge in [0, 0.05) is 6.04 Å². The number of benzene rings is 1. The van der Waals surface area contributed by atoms with Crippen LogP contribution in [0.1, 0.15) is 12.0 Å². The SMILES string of the molecule is NC(Cc1ccccc1)C(O)C1CCSC1. The minimum absolute atomic E-state index is 0.133. The van der Waals surface area contributed by atoms with Crippen molar-refractivity contribution in [2.24, 2.45) is 11.7 Å². The number of hydrogen-bond donors (Lipinski definition) is 2. The molecule has 2 rings (SSSR count). The molecule has 3 heteroatoms. The highest BCUT2D eigenvalue weighted by Crippen LogP contribution is 2.27. The molecule has 1 heterocycles. The van der Waals surface area contributed by atoms with E-state index in [0.29, 0.717) is 5.92 Å². The first-order valence-corrected chi connectivity index (χ1v) is 6.98. The Labute approximate surface area is 101 Å². The number of thioether (sulfide) groups is 1. The van der Waals surface area contributed by atoms with Crippen molar-refractivity contribution in [3.05, 3.63) is 35.9 Å². The predicted octanol–water partition coefficient (Wildman–Crippen LogP) is 1.67. The normalized spacial score (nSPS) is 24.2. The van der Waals surface area contributed by atoms with Gasteiger partial charge in [-0.2, -0.15) is 11.8 Å². The largest absolute Gasteiger partial charge is 0.391 e. The summed E-state index contributed by atoms with van der Waals surface area (Å²) in [5.41, 5.74) is 7.28. The summed E-state index contributed by atoms with van der Waals surface area (Å²) >= 11 is 1.92. The molecule has 1 aromatic rings. The Kier molecular flexibility index (Phi) is 4.27. The molecule has 0 amide bonds. The number of nitrogens with two attached hydrogens (primary N) is 1. The molecule has 0 bridgehead atoms. The van der Waals surface area contributed by atoms with Crippen LogP contribution in [0.3, 0.4) is 0 Å². The maximum atomic E-state index is 10.1. The quantitative estimate of drug-likeness (QED) is 0.837. The highest BCUT2D eigenvalue weighted by Gasteiger charge is 2.28. The van der Waals surface area contributed by atoms with Gasteiger partial charge in [-0.15, -0.1) is 0 Å². The van der Waals surface area contributed by atoms with E-state index in [-0.39, 0.29) is 12.1 Å². The van der Waals surface area contributed by atoms with E-state index in [9.17, 15) is 5.11 Å². The zero-order chi connectivity index (χ0) is 11.4. The number of hydrogen-bond acceptors (Lipinski definition) is 3. The van der Waals surface area contributed by atoms with Crippen LogP contribution in [0.4, 0.5) is 0 Å². The average Bonchev–Trinajstić information content (AvgIpc) is 2.83. The molecule has 0 saturated carbocycles. The van der Waals surface area contributed by atoms with Gasteiger partial charge in [0.2, 0.25) is 0 Å². The molecule has 3 unspecified atom stereocenters. The lowest BCUT2D eigenvalue weighted by Crippen LogP contribution is -2.41. The molecule has 1 aliphatic heterocycles. The Hall–Kier alpha value is -0.510. The lowest BCUT2D eigenvalue weighted by atomic mass is 9.92. The molecule has 88 valence electrons. The molecule has 0 aliphatic carbocycles. The molecule has 2 nitrogen and oxygen atoms in total. The fourth-order valence-electron chi connectivity index (χ4n) is 2.18. The average molecular weight is 237 g/mol. The summed E-state index contributed by atoms with van der Waals surface area (Å²) in [6, 6.07) is 10.0. The van der Waals surface area contributed by atoms with E-state index < -0.39 is 0 Å². The van der Waals surface area contributed by atoms with Gasteiger partial charge < -0.3 is 10.8 Å². The van der Waals surface area contributed by atoms with E-state index in [1.165, 1.54) is 11.3 Å². The summed E-state index contributed by atoms with van der Waals surface area (Å²) in [7, 11) is 0. The Morgan fingerprint density at radius 3 is 2.75 bits per heavy atom. The monoisotopic (exact) mass is 237 g/mol. The summed E-state index contributed by atoms with van der Waals surface area (Å²) in [5, 5.41) is 10.1. The Bertz CT molecular complexity index is 311. The second-order valence-corrected chi connectivity index (χ2v) is 5.62. The molecular weight excluding hydrogens is 218 g/mol. The first-order chi connectivity index (χ1) is 7.77. The van der Waals surface area contributed by atoms with E-state index in [2.05, 4.69) is 12.1 Å². The number of aliphatic hydroxyl groups is 1. The highest BCUT2D eigenvalue weighted by atomic mass is 32.2. The minimum Gasteiger partial charge on any atom is -0.391 e. The topological polar surface area (TPSA) is 46.2 Å². The minimum atomic E-state index is -0.352. The molecule has 1 fully saturated rings. The van der Waals surface area contributed by atoms with Gasteiger partial charge in [-0.25, -0.2) is 0 Å². The fourth-order valence-corrected chi connectivity index (χ4v) is 3.48. The molecule has 0 radical (unpaired) electrons. The van der Waals surface area contributed by atoms with Crippen LogP contribution >= 0.6 is 11.8 Å². The molecule has 3 N–H and O–H groups in total. The predicted molar refractivity (Wildman–Crippen MR) is 69.6 cm³/mol. The van der Waals surface area contributed by atoms with Crippen molar-refractivity contribution in [3.63, 3.8) is 0 Å². The van der Waals surface area contributed by atoms with E-state index in [1.54, 1.807) is 0 Å². The van der Waals surface area contributed by atoms with Crippen molar-refractivity contribution in [1.82, 2.24) is 0 Å². The van der Waals surface area contributed by atoms with Crippen molar-refractivity contribution in [1.29, 1.82) is 0 Å². The van der Waals surface area contributed by atoms with Gasteiger partial charge in [0.25, 0.3) is 0 Å². The molecule has 16 heavy (non-hydrogen) atoms. The lowest BCUT2D eigenvalue weighted by Gasteiger charge is -2.23. The fraction of sp³-hybridized carbons (Fsp3) is 0.538. The van der Waals surface area contributed by atoms with Crippen LogP contribution in [0.15, 0.2) is 30.3 Å². The summed E-state index contributed by atoms with van der Waals surface area (Å²) in [6.45, 7) is 0. The van der Waals surface area contributed by atoms with Gasteiger partial charge in [-0.3, -0.25) is 0 Å². The highest BCUT2D eigenvalue weighted by molar-refractivity contribution is 7.99.